The van der Waals surface area contributed by atoms with Gasteiger partial charge in [0, 0.05) is 23.5 Å². The van der Waals surface area contributed by atoms with E-state index in [0.717, 1.165) is 5.69 Å². The smallest absolute Gasteiger partial charge is 0.233 e. The van der Waals surface area contributed by atoms with Gasteiger partial charge < -0.3 is 9.84 Å². The van der Waals surface area contributed by atoms with Crippen LogP contribution in [0.25, 0.3) is 11.5 Å². The number of aryl methyl sites for hydroxylation is 1. The first-order chi connectivity index (χ1) is 8.61. The number of rotatable bonds is 3. The van der Waals surface area contributed by atoms with Crippen molar-refractivity contribution in [3.05, 3.63) is 29.6 Å². The number of methoxy groups -OCH3 is 1. The van der Waals surface area contributed by atoms with Gasteiger partial charge in [0.15, 0.2) is 5.82 Å². The largest absolute Gasteiger partial charge is 0.480 e. The van der Waals surface area contributed by atoms with Gasteiger partial charge in [-0.15, -0.1) is 10.2 Å². The molecule has 0 unspecified atom stereocenters. The number of aromatic nitrogens is 4. The lowest BCUT2D eigenvalue weighted by atomic mass is 10.1. The van der Waals surface area contributed by atoms with Gasteiger partial charge in [-0.1, -0.05) is 0 Å². The molecule has 1 N–H and O–H groups in total. The zero-order valence-electron chi connectivity index (χ0n) is 10.5. The molecule has 0 bridgehead atoms. The normalized spacial score (nSPS) is 12.2. The summed E-state index contributed by atoms with van der Waals surface area (Å²) in [5, 5.41) is 17.3. The molecule has 0 saturated carbocycles. The van der Waals surface area contributed by atoms with Crippen molar-refractivity contribution in [1.29, 1.82) is 0 Å². The Kier molecular flexibility index (Phi) is 3.47. The molecule has 2 aromatic heterocycles. The zero-order valence-corrected chi connectivity index (χ0v) is 10.5. The Morgan fingerprint density at radius 1 is 1.28 bits per heavy atom. The van der Waals surface area contributed by atoms with E-state index in [0.29, 0.717) is 23.0 Å². The van der Waals surface area contributed by atoms with Gasteiger partial charge in [-0.2, -0.15) is 0 Å². The van der Waals surface area contributed by atoms with E-state index >= 15 is 0 Å². The number of aliphatic hydroxyl groups is 1. The van der Waals surface area contributed by atoms with Gasteiger partial charge in [-0.25, -0.2) is 9.97 Å². The summed E-state index contributed by atoms with van der Waals surface area (Å²) < 4.78 is 4.93. The summed E-state index contributed by atoms with van der Waals surface area (Å²) in [6.07, 6.45) is 1.02. The second kappa shape index (κ2) is 5.05. The molecule has 0 amide bonds. The highest BCUT2D eigenvalue weighted by Gasteiger charge is 2.10. The van der Waals surface area contributed by atoms with Crippen LogP contribution in [0.3, 0.4) is 0 Å². The lowest BCUT2D eigenvalue weighted by Gasteiger charge is -2.08. The van der Waals surface area contributed by atoms with Crippen molar-refractivity contribution >= 4 is 0 Å². The monoisotopic (exact) mass is 246 g/mol. The second-order valence-electron chi connectivity index (χ2n) is 3.87. The maximum Gasteiger partial charge on any atom is 0.233 e. The van der Waals surface area contributed by atoms with Crippen LogP contribution in [0.15, 0.2) is 18.3 Å². The van der Waals surface area contributed by atoms with E-state index in [1.807, 2.05) is 6.92 Å². The summed E-state index contributed by atoms with van der Waals surface area (Å²) in [6, 6.07) is 3.44. The lowest BCUT2D eigenvalue weighted by molar-refractivity contribution is 0.197. The molecular formula is C12H14N4O2. The van der Waals surface area contributed by atoms with Crippen LogP contribution in [0.5, 0.6) is 5.88 Å². The topological polar surface area (TPSA) is 81.0 Å². The van der Waals surface area contributed by atoms with Crippen LogP contribution >= 0.6 is 0 Å². The average Bonchev–Trinajstić information content (AvgIpc) is 2.38. The van der Waals surface area contributed by atoms with Crippen molar-refractivity contribution in [3.8, 4) is 17.4 Å². The predicted molar refractivity (Wildman–Crippen MR) is 65.0 cm³/mol. The number of hydrogen-bond donors (Lipinski definition) is 1. The maximum absolute atomic E-state index is 9.51. The minimum Gasteiger partial charge on any atom is -0.480 e. The van der Waals surface area contributed by atoms with Crippen LogP contribution in [-0.2, 0) is 0 Å². The van der Waals surface area contributed by atoms with Gasteiger partial charge in [0.25, 0.3) is 0 Å². The van der Waals surface area contributed by atoms with Gasteiger partial charge in [0.2, 0.25) is 5.88 Å². The fourth-order valence-electron chi connectivity index (χ4n) is 1.56. The number of aliphatic hydroxyl groups excluding tert-OH is 1. The molecule has 18 heavy (non-hydrogen) atoms. The number of ether oxygens (including phenoxy) is 1. The molecule has 6 heteroatoms. The molecule has 2 rings (SSSR count). The third-order valence-corrected chi connectivity index (χ3v) is 2.55. The van der Waals surface area contributed by atoms with Crippen LogP contribution in [-0.4, -0.2) is 32.4 Å². The van der Waals surface area contributed by atoms with Gasteiger partial charge in [-0.05, 0) is 19.9 Å². The van der Waals surface area contributed by atoms with Crippen molar-refractivity contribution in [1.82, 2.24) is 20.2 Å². The first-order valence-electron chi connectivity index (χ1n) is 5.51. The van der Waals surface area contributed by atoms with Crippen LogP contribution in [0.1, 0.15) is 24.3 Å². The molecule has 0 aliphatic rings. The van der Waals surface area contributed by atoms with Crippen LogP contribution in [0.2, 0.25) is 0 Å². The summed E-state index contributed by atoms with van der Waals surface area (Å²) in [4.78, 5) is 8.48. The summed E-state index contributed by atoms with van der Waals surface area (Å²) >= 11 is 0. The molecule has 0 fully saturated rings. The zero-order chi connectivity index (χ0) is 13.1. The summed E-state index contributed by atoms with van der Waals surface area (Å²) in [5.74, 6) is 0.920. The van der Waals surface area contributed by atoms with Crippen molar-refractivity contribution < 1.29 is 9.84 Å². The second-order valence-corrected chi connectivity index (χ2v) is 3.87. The molecule has 6 nitrogen and oxygen atoms in total. The minimum absolute atomic E-state index is 0.441. The molecular weight excluding hydrogens is 232 g/mol. The van der Waals surface area contributed by atoms with E-state index in [4.69, 9.17) is 4.74 Å². The Morgan fingerprint density at radius 2 is 2.06 bits per heavy atom. The van der Waals surface area contributed by atoms with E-state index in [2.05, 4.69) is 20.2 Å². The summed E-state index contributed by atoms with van der Waals surface area (Å²) in [6.45, 7) is 3.50. The Balaban J connectivity index is 2.36. The highest BCUT2D eigenvalue weighted by molar-refractivity contribution is 5.48. The lowest BCUT2D eigenvalue weighted by Crippen LogP contribution is -2.02. The molecule has 94 valence electrons. The van der Waals surface area contributed by atoms with Gasteiger partial charge >= 0.3 is 0 Å². The van der Waals surface area contributed by atoms with Crippen LogP contribution in [0, 0.1) is 6.92 Å². The predicted octanol–water partition coefficient (Wildman–Crippen LogP) is 1.30. The Bertz CT molecular complexity index is 540. The molecule has 0 aromatic carbocycles. The molecule has 0 aliphatic carbocycles. The third kappa shape index (κ3) is 2.43. The van der Waals surface area contributed by atoms with Crippen molar-refractivity contribution in [2.45, 2.75) is 20.0 Å². The van der Waals surface area contributed by atoms with Crippen LogP contribution < -0.4 is 4.74 Å². The minimum atomic E-state index is -0.582. The quantitative estimate of drug-likeness (QED) is 0.879. The van der Waals surface area contributed by atoms with Crippen LogP contribution in [0.4, 0.5) is 0 Å². The SMILES string of the molecule is COc1ccc(-c2ncc([C@@H](C)O)c(C)n2)nn1. The fourth-order valence-corrected chi connectivity index (χ4v) is 1.56. The molecule has 0 saturated heterocycles. The Labute approximate surface area is 105 Å². The summed E-state index contributed by atoms with van der Waals surface area (Å²) in [5.41, 5.74) is 2.00. The van der Waals surface area contributed by atoms with Gasteiger partial charge in [0.05, 0.1) is 13.2 Å². The first kappa shape index (κ1) is 12.4. The van der Waals surface area contributed by atoms with Gasteiger partial charge in [-0.3, -0.25) is 0 Å². The average molecular weight is 246 g/mol. The van der Waals surface area contributed by atoms with Crippen molar-refractivity contribution in [3.63, 3.8) is 0 Å². The maximum atomic E-state index is 9.51. The van der Waals surface area contributed by atoms with E-state index in [1.54, 1.807) is 25.3 Å². The van der Waals surface area contributed by atoms with Gasteiger partial charge in [0.1, 0.15) is 5.69 Å². The molecule has 0 spiro atoms. The highest BCUT2D eigenvalue weighted by atomic mass is 16.5. The highest BCUT2D eigenvalue weighted by Crippen LogP contribution is 2.18. The number of hydrogen-bond acceptors (Lipinski definition) is 6. The van der Waals surface area contributed by atoms with Crippen molar-refractivity contribution in [2.24, 2.45) is 0 Å². The molecule has 0 aliphatic heterocycles. The molecule has 0 radical (unpaired) electrons. The number of nitrogens with zero attached hydrogens (tertiary/aromatic N) is 4. The molecule has 2 heterocycles. The Hall–Kier alpha value is -2.08. The van der Waals surface area contributed by atoms with E-state index in [9.17, 15) is 5.11 Å². The van der Waals surface area contributed by atoms with Crippen molar-refractivity contribution in [2.75, 3.05) is 7.11 Å². The third-order valence-electron chi connectivity index (χ3n) is 2.55. The summed E-state index contributed by atoms with van der Waals surface area (Å²) in [7, 11) is 1.53. The fraction of sp³-hybridized carbons (Fsp3) is 0.333. The van der Waals surface area contributed by atoms with E-state index in [1.165, 1.54) is 7.11 Å². The molecule has 2 aromatic rings. The molecule has 1 atom stereocenters. The first-order valence-corrected chi connectivity index (χ1v) is 5.51. The standard InChI is InChI=1S/C12H14N4O2/c1-7-9(8(2)17)6-13-12(14-7)10-4-5-11(18-3)16-15-10/h4-6,8,17H,1-3H3/t8-/m1/s1. The van der Waals surface area contributed by atoms with E-state index in [-0.39, 0.29) is 0 Å². The Morgan fingerprint density at radius 3 is 2.56 bits per heavy atom. The van der Waals surface area contributed by atoms with E-state index < -0.39 is 6.10 Å².